The van der Waals surface area contributed by atoms with Crippen molar-refractivity contribution in [2.75, 3.05) is 25.1 Å². The highest BCUT2D eigenvalue weighted by molar-refractivity contribution is 5.83. The van der Waals surface area contributed by atoms with E-state index in [9.17, 15) is 9.18 Å². The standard InChI is InChI=1S/C25H30FNO2/c1-29-24(28)25(15-3-2-4-16-25)21-7-11-23(12-8-21)27-17-13-20(14-18-27)19-5-9-22(26)10-6-19/h5-12,20H,2-4,13-18H2,1H3. The number of benzene rings is 2. The summed E-state index contributed by atoms with van der Waals surface area (Å²) in [7, 11) is 1.50. The summed E-state index contributed by atoms with van der Waals surface area (Å²) >= 11 is 0. The van der Waals surface area contributed by atoms with Crippen LogP contribution in [-0.4, -0.2) is 26.2 Å². The van der Waals surface area contributed by atoms with E-state index in [0.29, 0.717) is 5.92 Å². The highest BCUT2D eigenvalue weighted by atomic mass is 19.1. The summed E-state index contributed by atoms with van der Waals surface area (Å²) < 4.78 is 18.3. The maximum atomic E-state index is 13.2. The molecule has 4 rings (SSSR count). The van der Waals surface area contributed by atoms with Crippen molar-refractivity contribution in [1.82, 2.24) is 0 Å². The van der Waals surface area contributed by atoms with Gasteiger partial charge in [0, 0.05) is 18.8 Å². The Kier molecular flexibility index (Phi) is 5.89. The lowest BCUT2D eigenvalue weighted by Crippen LogP contribution is -2.39. The Morgan fingerprint density at radius 2 is 1.59 bits per heavy atom. The third-order valence-corrected chi connectivity index (χ3v) is 6.90. The Hall–Kier alpha value is -2.36. The van der Waals surface area contributed by atoms with E-state index in [1.54, 1.807) is 12.1 Å². The number of rotatable bonds is 4. The quantitative estimate of drug-likeness (QED) is 0.633. The second kappa shape index (κ2) is 8.56. The van der Waals surface area contributed by atoms with Crippen LogP contribution in [0.5, 0.6) is 0 Å². The Balaban J connectivity index is 1.44. The minimum Gasteiger partial charge on any atom is -0.468 e. The number of anilines is 1. The molecule has 0 amide bonds. The molecule has 1 aliphatic carbocycles. The molecule has 2 aromatic carbocycles. The Bertz CT molecular complexity index is 817. The zero-order chi connectivity index (χ0) is 20.3. The third kappa shape index (κ3) is 4.03. The van der Waals surface area contributed by atoms with E-state index in [-0.39, 0.29) is 11.8 Å². The van der Waals surface area contributed by atoms with Gasteiger partial charge >= 0.3 is 5.97 Å². The lowest BCUT2D eigenvalue weighted by molar-refractivity contribution is -0.149. The van der Waals surface area contributed by atoms with E-state index in [1.807, 2.05) is 12.1 Å². The topological polar surface area (TPSA) is 29.5 Å². The Morgan fingerprint density at radius 1 is 0.966 bits per heavy atom. The minimum absolute atomic E-state index is 0.0925. The summed E-state index contributed by atoms with van der Waals surface area (Å²) in [5, 5.41) is 0. The molecule has 154 valence electrons. The molecule has 29 heavy (non-hydrogen) atoms. The lowest BCUT2D eigenvalue weighted by Gasteiger charge is -2.36. The molecule has 0 atom stereocenters. The van der Waals surface area contributed by atoms with Crippen LogP contribution in [0.25, 0.3) is 0 Å². The summed E-state index contributed by atoms with van der Waals surface area (Å²) in [4.78, 5) is 15.0. The second-order valence-corrected chi connectivity index (χ2v) is 8.49. The zero-order valence-corrected chi connectivity index (χ0v) is 17.2. The number of carbonyl (C=O) groups excluding carboxylic acids is 1. The molecule has 2 aliphatic rings. The van der Waals surface area contributed by atoms with Crippen LogP contribution in [0.1, 0.15) is 62.0 Å². The van der Waals surface area contributed by atoms with Crippen molar-refractivity contribution in [1.29, 1.82) is 0 Å². The fourth-order valence-electron chi connectivity index (χ4n) is 5.16. The fourth-order valence-corrected chi connectivity index (χ4v) is 5.16. The van der Waals surface area contributed by atoms with Crippen molar-refractivity contribution >= 4 is 11.7 Å². The molecular weight excluding hydrogens is 365 g/mol. The van der Waals surface area contributed by atoms with Crippen LogP contribution in [0.2, 0.25) is 0 Å². The van der Waals surface area contributed by atoms with Crippen LogP contribution < -0.4 is 4.90 Å². The number of piperidine rings is 1. The van der Waals surface area contributed by atoms with Crippen LogP contribution >= 0.6 is 0 Å². The average Bonchev–Trinajstić information content (AvgIpc) is 2.80. The number of carbonyl (C=O) groups is 1. The first-order valence-electron chi connectivity index (χ1n) is 10.8. The van der Waals surface area contributed by atoms with Gasteiger partial charge in [0.05, 0.1) is 12.5 Å². The predicted octanol–water partition coefficient (Wildman–Crippen LogP) is 5.58. The molecule has 4 heteroatoms. The zero-order valence-electron chi connectivity index (χ0n) is 17.2. The van der Waals surface area contributed by atoms with Crippen molar-refractivity contribution in [3.8, 4) is 0 Å². The van der Waals surface area contributed by atoms with Gasteiger partial charge in [-0.25, -0.2) is 4.39 Å². The number of halogens is 1. The van der Waals surface area contributed by atoms with Crippen molar-refractivity contribution in [3.63, 3.8) is 0 Å². The average molecular weight is 396 g/mol. The molecule has 3 nitrogen and oxygen atoms in total. The molecule has 2 aromatic rings. The van der Waals surface area contributed by atoms with Gasteiger partial charge in [-0.1, -0.05) is 43.5 Å². The second-order valence-electron chi connectivity index (χ2n) is 8.49. The first kappa shape index (κ1) is 19.9. The molecule has 1 aliphatic heterocycles. The van der Waals surface area contributed by atoms with E-state index in [0.717, 1.165) is 57.2 Å². The maximum Gasteiger partial charge on any atom is 0.316 e. The van der Waals surface area contributed by atoms with Gasteiger partial charge in [0.1, 0.15) is 5.82 Å². The normalized spacial score (nSPS) is 19.7. The molecule has 0 aromatic heterocycles. The monoisotopic (exact) mass is 395 g/mol. The van der Waals surface area contributed by atoms with Crippen LogP contribution in [0.15, 0.2) is 48.5 Å². The minimum atomic E-state index is -0.471. The highest BCUT2D eigenvalue weighted by Gasteiger charge is 2.42. The van der Waals surface area contributed by atoms with E-state index < -0.39 is 5.41 Å². The Labute approximate surface area is 172 Å². The SMILES string of the molecule is COC(=O)C1(c2ccc(N3CCC(c4ccc(F)cc4)CC3)cc2)CCCCC1. The van der Waals surface area contributed by atoms with Crippen LogP contribution in [0.4, 0.5) is 10.1 Å². The van der Waals surface area contributed by atoms with Gasteiger partial charge in [-0.3, -0.25) is 4.79 Å². The van der Waals surface area contributed by atoms with Crippen molar-refractivity contribution in [3.05, 3.63) is 65.5 Å². The van der Waals surface area contributed by atoms with Gasteiger partial charge in [0.2, 0.25) is 0 Å². The summed E-state index contributed by atoms with van der Waals surface area (Å²) in [6.45, 7) is 1.98. The summed E-state index contributed by atoms with van der Waals surface area (Å²) in [6, 6.07) is 15.5. The van der Waals surface area contributed by atoms with E-state index >= 15 is 0 Å². The summed E-state index contributed by atoms with van der Waals surface area (Å²) in [5.41, 5.74) is 3.07. The number of nitrogens with zero attached hydrogens (tertiary/aromatic N) is 1. The van der Waals surface area contributed by atoms with Gasteiger partial charge in [-0.15, -0.1) is 0 Å². The molecule has 1 saturated carbocycles. The number of hydrogen-bond donors (Lipinski definition) is 0. The number of hydrogen-bond acceptors (Lipinski definition) is 3. The third-order valence-electron chi connectivity index (χ3n) is 6.90. The van der Waals surface area contributed by atoms with Crippen molar-refractivity contribution in [2.45, 2.75) is 56.3 Å². The van der Waals surface area contributed by atoms with Gasteiger partial charge in [0.25, 0.3) is 0 Å². The number of methoxy groups -OCH3 is 1. The van der Waals surface area contributed by atoms with Gasteiger partial charge in [-0.2, -0.15) is 0 Å². The first-order chi connectivity index (χ1) is 14.1. The molecule has 2 fully saturated rings. The van der Waals surface area contributed by atoms with E-state index in [1.165, 1.54) is 24.8 Å². The maximum absolute atomic E-state index is 13.2. The molecule has 1 saturated heterocycles. The van der Waals surface area contributed by atoms with Gasteiger partial charge < -0.3 is 9.64 Å². The lowest BCUT2D eigenvalue weighted by atomic mass is 9.69. The predicted molar refractivity (Wildman–Crippen MR) is 114 cm³/mol. The fraction of sp³-hybridized carbons (Fsp3) is 0.480. The molecule has 0 bridgehead atoms. The van der Waals surface area contributed by atoms with Gasteiger partial charge in [-0.05, 0) is 67.0 Å². The largest absolute Gasteiger partial charge is 0.468 e. The van der Waals surface area contributed by atoms with Crippen molar-refractivity contribution in [2.24, 2.45) is 0 Å². The van der Waals surface area contributed by atoms with Gasteiger partial charge in [0.15, 0.2) is 0 Å². The van der Waals surface area contributed by atoms with Crippen molar-refractivity contribution < 1.29 is 13.9 Å². The number of ether oxygens (including phenoxy) is 1. The van der Waals surface area contributed by atoms with Crippen LogP contribution in [0.3, 0.4) is 0 Å². The Morgan fingerprint density at radius 3 is 2.17 bits per heavy atom. The highest BCUT2D eigenvalue weighted by Crippen LogP contribution is 2.41. The van der Waals surface area contributed by atoms with Crippen LogP contribution in [-0.2, 0) is 14.9 Å². The van der Waals surface area contributed by atoms with E-state index in [4.69, 9.17) is 4.74 Å². The van der Waals surface area contributed by atoms with E-state index in [2.05, 4.69) is 29.2 Å². The number of esters is 1. The molecule has 0 N–H and O–H groups in total. The molecule has 0 unspecified atom stereocenters. The molecule has 0 radical (unpaired) electrons. The molecule has 0 spiro atoms. The first-order valence-corrected chi connectivity index (χ1v) is 10.8. The summed E-state index contributed by atoms with van der Waals surface area (Å²) in [6.07, 6.45) is 7.24. The molecular formula is C25H30FNO2. The molecule has 1 heterocycles. The van der Waals surface area contributed by atoms with Crippen LogP contribution in [0, 0.1) is 5.82 Å². The summed E-state index contributed by atoms with van der Waals surface area (Å²) in [5.74, 6) is 0.231. The smallest absolute Gasteiger partial charge is 0.316 e.